The molecule has 0 aromatic carbocycles. The Morgan fingerprint density at radius 1 is 1.14 bits per heavy atom. The topological polar surface area (TPSA) is 26.8 Å². The maximum Gasteiger partial charge on any atom is 0.390 e. The van der Waals surface area contributed by atoms with Crippen LogP contribution >= 0.6 is 0 Å². The first-order valence-corrected chi connectivity index (χ1v) is 7.55. The van der Waals surface area contributed by atoms with Gasteiger partial charge in [-0.3, -0.25) is 9.69 Å². The van der Waals surface area contributed by atoms with E-state index in [0.29, 0.717) is 18.5 Å². The first kappa shape index (κ1) is 16.5. The number of carbonyl (C=O) groups excluding carboxylic acids is 1. The van der Waals surface area contributed by atoms with Crippen molar-refractivity contribution in [3.63, 3.8) is 0 Å². The van der Waals surface area contributed by atoms with Gasteiger partial charge >= 0.3 is 6.18 Å². The van der Waals surface area contributed by atoms with Crippen molar-refractivity contribution in [2.45, 2.75) is 32.5 Å². The van der Waals surface area contributed by atoms with Crippen LogP contribution in [0, 0.1) is 5.92 Å². The number of hydrogen-bond acceptors (Lipinski definition) is 3. The minimum Gasteiger partial charge on any atom is -0.340 e. The molecule has 1 amide bonds. The zero-order chi connectivity index (χ0) is 15.6. The third-order valence-electron chi connectivity index (χ3n) is 4.59. The molecule has 0 aromatic rings. The number of piperazine rings is 1. The lowest BCUT2D eigenvalue weighted by atomic mass is 10.0. The van der Waals surface area contributed by atoms with Gasteiger partial charge in [-0.15, -0.1) is 0 Å². The minimum atomic E-state index is -4.07. The Labute approximate surface area is 123 Å². The maximum absolute atomic E-state index is 12.3. The lowest BCUT2D eigenvalue weighted by molar-refractivity contribution is -0.137. The Bertz CT molecular complexity index is 367. The largest absolute Gasteiger partial charge is 0.390 e. The first-order valence-electron chi connectivity index (χ1n) is 7.55. The van der Waals surface area contributed by atoms with Crippen LogP contribution in [0.2, 0.25) is 0 Å². The van der Waals surface area contributed by atoms with Gasteiger partial charge in [0.2, 0.25) is 5.91 Å². The number of amides is 1. The Kier molecular flexibility index (Phi) is 5.14. The summed E-state index contributed by atoms with van der Waals surface area (Å²) < 4.78 is 36.9. The molecular formula is C14H24F3N3O. The Morgan fingerprint density at radius 2 is 1.76 bits per heavy atom. The van der Waals surface area contributed by atoms with E-state index in [1.54, 1.807) is 6.92 Å². The van der Waals surface area contributed by atoms with Crippen molar-refractivity contribution in [1.82, 2.24) is 14.7 Å². The average molecular weight is 307 g/mol. The normalized spacial score (nSPS) is 29.1. The van der Waals surface area contributed by atoms with Gasteiger partial charge in [-0.25, -0.2) is 0 Å². The Morgan fingerprint density at radius 3 is 2.29 bits per heavy atom. The third kappa shape index (κ3) is 4.57. The summed E-state index contributed by atoms with van der Waals surface area (Å²) in [6.07, 6.45) is -4.81. The summed E-state index contributed by atoms with van der Waals surface area (Å²) in [5, 5.41) is 0. The summed E-state index contributed by atoms with van der Waals surface area (Å²) in [5.74, 6) is 0.475. The summed E-state index contributed by atoms with van der Waals surface area (Å²) in [7, 11) is 0. The summed E-state index contributed by atoms with van der Waals surface area (Å²) in [5.41, 5.74) is 0. The van der Waals surface area contributed by atoms with Gasteiger partial charge in [-0.05, 0) is 5.92 Å². The fourth-order valence-corrected chi connectivity index (χ4v) is 3.36. The molecule has 0 aliphatic carbocycles. The van der Waals surface area contributed by atoms with Crippen LogP contribution in [-0.2, 0) is 4.79 Å². The SMILES string of the molecule is CC(=O)N1CCN([C@@H]2CN(CCC(F)(F)F)C[C@@H]2C)CC1. The summed E-state index contributed by atoms with van der Waals surface area (Å²) in [6, 6.07) is 0.312. The predicted octanol–water partition coefficient (Wildman–Crippen LogP) is 1.42. The third-order valence-corrected chi connectivity index (χ3v) is 4.59. The van der Waals surface area contributed by atoms with Gasteiger partial charge in [0, 0.05) is 58.8 Å². The monoisotopic (exact) mass is 307 g/mol. The van der Waals surface area contributed by atoms with Crippen molar-refractivity contribution in [3.05, 3.63) is 0 Å². The van der Waals surface area contributed by atoms with Crippen LogP contribution in [0.1, 0.15) is 20.3 Å². The van der Waals surface area contributed by atoms with Gasteiger partial charge in [0.25, 0.3) is 0 Å². The van der Waals surface area contributed by atoms with E-state index in [-0.39, 0.29) is 12.5 Å². The molecule has 0 spiro atoms. The van der Waals surface area contributed by atoms with Crippen molar-refractivity contribution in [1.29, 1.82) is 0 Å². The Balaban J connectivity index is 1.81. The van der Waals surface area contributed by atoms with Gasteiger partial charge in [-0.2, -0.15) is 13.2 Å². The van der Waals surface area contributed by atoms with E-state index < -0.39 is 12.6 Å². The molecule has 2 atom stereocenters. The number of likely N-dealkylation sites (tertiary alicyclic amines) is 1. The molecular weight excluding hydrogens is 283 g/mol. The molecule has 7 heteroatoms. The van der Waals surface area contributed by atoms with Crippen molar-refractivity contribution in [2.24, 2.45) is 5.92 Å². The summed E-state index contributed by atoms with van der Waals surface area (Å²) in [4.78, 5) is 17.4. The highest BCUT2D eigenvalue weighted by Gasteiger charge is 2.37. The van der Waals surface area contributed by atoms with Crippen LogP contribution in [0.25, 0.3) is 0 Å². The second-order valence-electron chi connectivity index (χ2n) is 6.21. The Hall–Kier alpha value is -0.820. The quantitative estimate of drug-likeness (QED) is 0.789. The standard InChI is InChI=1S/C14H24F3N3O/c1-11-9-18(4-3-14(15,16)17)10-13(11)20-7-5-19(6-8-20)12(2)21/h11,13H,3-10H2,1-2H3/t11-,13+/m0/s1. The van der Waals surface area contributed by atoms with Gasteiger partial charge in [0.15, 0.2) is 0 Å². The van der Waals surface area contributed by atoms with Crippen LogP contribution in [0.5, 0.6) is 0 Å². The molecule has 4 nitrogen and oxygen atoms in total. The van der Waals surface area contributed by atoms with Crippen molar-refractivity contribution in [2.75, 3.05) is 45.8 Å². The molecule has 0 saturated carbocycles. The first-order chi connectivity index (χ1) is 9.76. The molecule has 21 heavy (non-hydrogen) atoms. The molecule has 2 aliphatic rings. The van der Waals surface area contributed by atoms with E-state index in [1.165, 1.54) is 0 Å². The molecule has 2 saturated heterocycles. The minimum absolute atomic E-state index is 0.0950. The molecule has 0 bridgehead atoms. The zero-order valence-electron chi connectivity index (χ0n) is 12.7. The van der Waals surface area contributed by atoms with Gasteiger partial charge in [0.05, 0.1) is 6.42 Å². The van der Waals surface area contributed by atoms with E-state index in [0.717, 1.165) is 32.7 Å². The van der Waals surface area contributed by atoms with E-state index >= 15 is 0 Å². The highest BCUT2D eigenvalue weighted by molar-refractivity contribution is 5.73. The van der Waals surface area contributed by atoms with Crippen LogP contribution in [0.3, 0.4) is 0 Å². The van der Waals surface area contributed by atoms with Crippen LogP contribution in [0.4, 0.5) is 13.2 Å². The number of carbonyl (C=O) groups is 1. The number of hydrogen-bond donors (Lipinski definition) is 0. The highest BCUT2D eigenvalue weighted by atomic mass is 19.4. The molecule has 2 aliphatic heterocycles. The highest BCUT2D eigenvalue weighted by Crippen LogP contribution is 2.26. The van der Waals surface area contributed by atoms with Gasteiger partial charge < -0.3 is 9.80 Å². The summed E-state index contributed by atoms with van der Waals surface area (Å²) >= 11 is 0. The van der Waals surface area contributed by atoms with Crippen molar-refractivity contribution in [3.8, 4) is 0 Å². The molecule has 2 rings (SSSR count). The second kappa shape index (κ2) is 6.52. The predicted molar refractivity (Wildman–Crippen MR) is 73.9 cm³/mol. The maximum atomic E-state index is 12.3. The van der Waals surface area contributed by atoms with Crippen molar-refractivity contribution < 1.29 is 18.0 Å². The van der Waals surface area contributed by atoms with E-state index in [1.807, 2.05) is 9.80 Å². The molecule has 0 radical (unpaired) electrons. The number of halogens is 3. The lowest BCUT2D eigenvalue weighted by Crippen LogP contribution is -2.53. The molecule has 122 valence electrons. The fraction of sp³-hybridized carbons (Fsp3) is 0.929. The van der Waals surface area contributed by atoms with Crippen LogP contribution in [-0.4, -0.2) is 78.6 Å². The fourth-order valence-electron chi connectivity index (χ4n) is 3.36. The zero-order valence-corrected chi connectivity index (χ0v) is 12.7. The van der Waals surface area contributed by atoms with Gasteiger partial charge in [0.1, 0.15) is 0 Å². The van der Waals surface area contributed by atoms with E-state index in [2.05, 4.69) is 11.8 Å². The van der Waals surface area contributed by atoms with Crippen LogP contribution < -0.4 is 0 Å². The second-order valence-corrected chi connectivity index (χ2v) is 6.21. The summed E-state index contributed by atoms with van der Waals surface area (Å²) in [6.45, 7) is 8.30. The average Bonchev–Trinajstić information content (AvgIpc) is 2.77. The number of rotatable bonds is 3. The smallest absolute Gasteiger partial charge is 0.340 e. The van der Waals surface area contributed by atoms with Crippen LogP contribution in [0.15, 0.2) is 0 Å². The van der Waals surface area contributed by atoms with E-state index in [4.69, 9.17) is 0 Å². The molecule has 0 aromatic heterocycles. The number of nitrogens with zero attached hydrogens (tertiary/aromatic N) is 3. The number of alkyl halides is 3. The lowest BCUT2D eigenvalue weighted by Gasteiger charge is -2.39. The molecule has 2 heterocycles. The molecule has 0 unspecified atom stereocenters. The van der Waals surface area contributed by atoms with E-state index in [9.17, 15) is 18.0 Å². The molecule has 0 N–H and O–H groups in total. The molecule has 2 fully saturated rings. The van der Waals surface area contributed by atoms with Gasteiger partial charge in [-0.1, -0.05) is 6.92 Å². The van der Waals surface area contributed by atoms with Crippen molar-refractivity contribution >= 4 is 5.91 Å².